The topological polar surface area (TPSA) is 95.9 Å². The lowest BCUT2D eigenvalue weighted by Crippen LogP contribution is -2.30. The summed E-state index contributed by atoms with van der Waals surface area (Å²) >= 11 is 21.5. The Morgan fingerprint density at radius 2 is 1.91 bits per heavy atom. The third kappa shape index (κ3) is 7.18. The third-order valence-corrected chi connectivity index (χ3v) is 6.49. The first-order chi connectivity index (χ1) is 15.6. The normalized spacial score (nSPS) is 14.6. The van der Waals surface area contributed by atoms with Gasteiger partial charge in [-0.3, -0.25) is 19.3 Å². The summed E-state index contributed by atoms with van der Waals surface area (Å²) in [6.45, 7) is -0.307. The van der Waals surface area contributed by atoms with Gasteiger partial charge in [0.1, 0.15) is 10.1 Å². The van der Waals surface area contributed by atoms with Crippen molar-refractivity contribution in [1.82, 2.24) is 4.90 Å². The monoisotopic (exact) mass is 588 g/mol. The van der Waals surface area contributed by atoms with Gasteiger partial charge in [0.25, 0.3) is 11.8 Å². The molecule has 172 valence electrons. The van der Waals surface area contributed by atoms with Gasteiger partial charge in [0, 0.05) is 32.3 Å². The molecule has 1 saturated heterocycles. The first-order valence-electron chi connectivity index (χ1n) is 9.28. The minimum atomic E-state index is -1.02. The number of carboxylic acid groups (broad SMARTS) is 1. The van der Waals surface area contributed by atoms with Crippen LogP contribution in [0, 0.1) is 0 Å². The molecular weight excluding hydrogens is 575 g/mol. The highest BCUT2D eigenvalue weighted by molar-refractivity contribution is 9.10. The average molecular weight is 590 g/mol. The summed E-state index contributed by atoms with van der Waals surface area (Å²) in [7, 11) is 0. The highest BCUT2D eigenvalue weighted by atomic mass is 79.9. The number of carbonyl (C=O) groups excluding carboxylic acids is 2. The number of halogens is 3. The van der Waals surface area contributed by atoms with E-state index >= 15 is 0 Å². The fourth-order valence-electron chi connectivity index (χ4n) is 2.77. The number of ether oxygens (including phenoxy) is 1. The number of amides is 2. The number of carboxylic acids is 1. The van der Waals surface area contributed by atoms with Crippen LogP contribution in [0.1, 0.15) is 12.0 Å². The van der Waals surface area contributed by atoms with E-state index in [9.17, 15) is 14.4 Å². The standard InChI is InChI=1S/C21H15BrCl2N2O5S2/c22-12-1-2-16(31-10-18(27)25-15-8-13(23)7-14(24)9-15)11(5-12)6-17-20(30)26(21(32)33-17)4-3-19(28)29/h1-2,5-9H,3-4,10H2,(H,25,27)(H,28,29)/b17-6-. The summed E-state index contributed by atoms with van der Waals surface area (Å²) in [5.41, 5.74) is 0.976. The number of carbonyl (C=O) groups is 3. The maximum Gasteiger partial charge on any atom is 0.305 e. The molecule has 0 aromatic heterocycles. The summed E-state index contributed by atoms with van der Waals surface area (Å²) < 4.78 is 6.70. The van der Waals surface area contributed by atoms with Crippen molar-refractivity contribution in [2.45, 2.75) is 6.42 Å². The molecule has 0 saturated carbocycles. The van der Waals surface area contributed by atoms with Crippen molar-refractivity contribution in [3.05, 3.63) is 61.4 Å². The molecule has 0 atom stereocenters. The lowest BCUT2D eigenvalue weighted by molar-refractivity contribution is -0.137. The molecule has 2 amide bonds. The van der Waals surface area contributed by atoms with Gasteiger partial charge in [0.15, 0.2) is 6.61 Å². The van der Waals surface area contributed by atoms with Gasteiger partial charge in [-0.25, -0.2) is 0 Å². The molecular formula is C21H15BrCl2N2O5S2. The van der Waals surface area contributed by atoms with Gasteiger partial charge in [-0.2, -0.15) is 0 Å². The van der Waals surface area contributed by atoms with E-state index in [0.717, 1.165) is 16.2 Å². The van der Waals surface area contributed by atoms with Crippen molar-refractivity contribution in [3.63, 3.8) is 0 Å². The Hall–Kier alpha value is -2.11. The van der Waals surface area contributed by atoms with Crippen LogP contribution in [0.15, 0.2) is 45.8 Å². The van der Waals surface area contributed by atoms with Gasteiger partial charge in [-0.15, -0.1) is 0 Å². The third-order valence-electron chi connectivity index (χ3n) is 4.19. The molecule has 2 aromatic carbocycles. The molecule has 0 unspecified atom stereocenters. The van der Waals surface area contributed by atoms with E-state index in [1.807, 2.05) is 0 Å². The number of hydrogen-bond donors (Lipinski definition) is 2. The summed E-state index contributed by atoms with van der Waals surface area (Å²) in [6, 6.07) is 9.79. The molecule has 33 heavy (non-hydrogen) atoms. The van der Waals surface area contributed by atoms with Gasteiger partial charge < -0.3 is 15.2 Å². The van der Waals surface area contributed by atoms with Gasteiger partial charge in [-0.05, 0) is 42.5 Å². The summed E-state index contributed by atoms with van der Waals surface area (Å²) in [6.07, 6.45) is 1.38. The van der Waals surface area contributed by atoms with Crippen molar-refractivity contribution in [2.75, 3.05) is 18.5 Å². The first-order valence-corrected chi connectivity index (χ1v) is 12.0. The van der Waals surface area contributed by atoms with E-state index in [4.69, 9.17) is 45.3 Å². The Bertz CT molecular complexity index is 1160. The second kappa shape index (κ2) is 11.3. The van der Waals surface area contributed by atoms with Crippen LogP contribution in [-0.4, -0.2) is 45.3 Å². The molecule has 1 aliphatic heterocycles. The molecule has 0 aliphatic carbocycles. The predicted octanol–water partition coefficient (Wildman–Crippen LogP) is 5.45. The lowest BCUT2D eigenvalue weighted by Gasteiger charge is -2.12. The van der Waals surface area contributed by atoms with Crippen molar-refractivity contribution >= 4 is 97.0 Å². The number of aliphatic carboxylic acids is 1. The van der Waals surface area contributed by atoms with Crippen molar-refractivity contribution in [1.29, 1.82) is 0 Å². The van der Waals surface area contributed by atoms with Crippen LogP contribution >= 0.6 is 63.1 Å². The van der Waals surface area contributed by atoms with Gasteiger partial charge >= 0.3 is 5.97 Å². The molecule has 1 heterocycles. The number of rotatable bonds is 8. The number of thiocarbonyl (C=S) groups is 1. The molecule has 0 radical (unpaired) electrons. The van der Waals surface area contributed by atoms with E-state index in [1.165, 1.54) is 4.90 Å². The maximum absolute atomic E-state index is 12.7. The Balaban J connectivity index is 1.73. The maximum atomic E-state index is 12.7. The molecule has 1 fully saturated rings. The summed E-state index contributed by atoms with van der Waals surface area (Å²) in [4.78, 5) is 37.4. The second-order valence-corrected chi connectivity index (χ2v) is 10.1. The Kier molecular flexibility index (Phi) is 8.77. The van der Waals surface area contributed by atoms with Crippen LogP contribution in [0.5, 0.6) is 5.75 Å². The fraction of sp³-hybridized carbons (Fsp3) is 0.143. The molecule has 0 bridgehead atoms. The molecule has 7 nitrogen and oxygen atoms in total. The van der Waals surface area contributed by atoms with E-state index in [-0.39, 0.29) is 29.8 Å². The molecule has 1 aliphatic rings. The Morgan fingerprint density at radius 3 is 2.58 bits per heavy atom. The lowest BCUT2D eigenvalue weighted by atomic mass is 10.2. The minimum Gasteiger partial charge on any atom is -0.483 e. The van der Waals surface area contributed by atoms with Crippen molar-refractivity contribution < 1.29 is 24.2 Å². The zero-order valence-electron chi connectivity index (χ0n) is 16.6. The Morgan fingerprint density at radius 1 is 1.21 bits per heavy atom. The zero-order chi connectivity index (χ0) is 24.1. The van der Waals surface area contributed by atoms with Crippen LogP contribution in [0.2, 0.25) is 10.0 Å². The molecule has 12 heteroatoms. The van der Waals surface area contributed by atoms with Crippen molar-refractivity contribution in [2.24, 2.45) is 0 Å². The number of thioether (sulfide) groups is 1. The van der Waals surface area contributed by atoms with Crippen LogP contribution < -0.4 is 10.1 Å². The summed E-state index contributed by atoms with van der Waals surface area (Å²) in [5, 5.41) is 12.3. The molecule has 3 rings (SSSR count). The fourth-order valence-corrected chi connectivity index (χ4v) is 4.98. The van der Waals surface area contributed by atoms with Crippen LogP contribution in [0.25, 0.3) is 6.08 Å². The second-order valence-electron chi connectivity index (χ2n) is 6.65. The first kappa shape index (κ1) is 25.5. The number of nitrogens with zero attached hydrogens (tertiary/aromatic N) is 1. The van der Waals surface area contributed by atoms with E-state index in [0.29, 0.717) is 32.0 Å². The highest BCUT2D eigenvalue weighted by Gasteiger charge is 2.32. The number of benzene rings is 2. The minimum absolute atomic E-state index is 0.00707. The van der Waals surface area contributed by atoms with E-state index in [1.54, 1.807) is 42.5 Å². The molecule has 2 N–H and O–H groups in total. The SMILES string of the molecule is O=C(O)CCN1C(=O)/C(=C/c2cc(Br)ccc2OCC(=O)Nc2cc(Cl)cc(Cl)c2)SC1=S. The number of anilines is 1. The number of hydrogen-bond acceptors (Lipinski definition) is 6. The Labute approximate surface area is 217 Å². The van der Waals surface area contributed by atoms with E-state index < -0.39 is 11.9 Å². The average Bonchev–Trinajstić information content (AvgIpc) is 2.97. The van der Waals surface area contributed by atoms with Crippen molar-refractivity contribution in [3.8, 4) is 5.75 Å². The highest BCUT2D eigenvalue weighted by Crippen LogP contribution is 2.35. The van der Waals surface area contributed by atoms with Crippen LogP contribution in [0.3, 0.4) is 0 Å². The van der Waals surface area contributed by atoms with Crippen LogP contribution in [0.4, 0.5) is 5.69 Å². The molecule has 0 spiro atoms. The van der Waals surface area contributed by atoms with Gasteiger partial charge in [0.05, 0.1) is 11.3 Å². The van der Waals surface area contributed by atoms with Gasteiger partial charge in [0.2, 0.25) is 0 Å². The van der Waals surface area contributed by atoms with Crippen LogP contribution in [-0.2, 0) is 14.4 Å². The largest absolute Gasteiger partial charge is 0.483 e. The quantitative estimate of drug-likeness (QED) is 0.312. The predicted molar refractivity (Wildman–Crippen MR) is 137 cm³/mol. The smallest absolute Gasteiger partial charge is 0.305 e. The van der Waals surface area contributed by atoms with Gasteiger partial charge in [-0.1, -0.05) is 63.1 Å². The van der Waals surface area contributed by atoms with E-state index in [2.05, 4.69) is 21.2 Å². The summed E-state index contributed by atoms with van der Waals surface area (Å²) in [5.74, 6) is -1.46. The molecule has 2 aromatic rings. The zero-order valence-corrected chi connectivity index (χ0v) is 21.4. The number of nitrogens with one attached hydrogen (secondary N) is 1.